The first kappa shape index (κ1) is 10.3. The highest BCUT2D eigenvalue weighted by atomic mass is 16.2. The molecule has 4 nitrogen and oxygen atoms in total. The van der Waals surface area contributed by atoms with Crippen molar-refractivity contribution in [2.45, 2.75) is 44.7 Å². The molecule has 1 rings (SSSR count). The SMILES string of the molecule is CC(C)(CN)NC(=O)NC1CCC1. The molecule has 13 heavy (non-hydrogen) atoms. The fraction of sp³-hybridized carbons (Fsp3) is 0.889. The lowest BCUT2D eigenvalue weighted by atomic mass is 9.93. The average Bonchev–Trinajstić information content (AvgIpc) is 1.96. The van der Waals surface area contributed by atoms with Gasteiger partial charge in [-0.05, 0) is 33.1 Å². The van der Waals surface area contributed by atoms with Gasteiger partial charge in [-0.15, -0.1) is 0 Å². The summed E-state index contributed by atoms with van der Waals surface area (Å²) in [6.07, 6.45) is 3.44. The average molecular weight is 185 g/mol. The monoisotopic (exact) mass is 185 g/mol. The van der Waals surface area contributed by atoms with Gasteiger partial charge in [0.15, 0.2) is 0 Å². The Kier molecular flexibility index (Phi) is 3.14. The topological polar surface area (TPSA) is 67.1 Å². The van der Waals surface area contributed by atoms with Crippen LogP contribution in [0.1, 0.15) is 33.1 Å². The Hall–Kier alpha value is -0.770. The zero-order valence-corrected chi connectivity index (χ0v) is 8.39. The van der Waals surface area contributed by atoms with Gasteiger partial charge in [-0.25, -0.2) is 4.79 Å². The largest absolute Gasteiger partial charge is 0.335 e. The summed E-state index contributed by atoms with van der Waals surface area (Å²) in [5, 5.41) is 5.73. The second-order valence-corrected chi connectivity index (χ2v) is 4.31. The summed E-state index contributed by atoms with van der Waals surface area (Å²) in [6.45, 7) is 4.27. The summed E-state index contributed by atoms with van der Waals surface area (Å²) < 4.78 is 0. The van der Waals surface area contributed by atoms with Gasteiger partial charge in [-0.2, -0.15) is 0 Å². The molecule has 0 unspecified atom stereocenters. The van der Waals surface area contributed by atoms with E-state index < -0.39 is 0 Å². The molecule has 0 heterocycles. The lowest BCUT2D eigenvalue weighted by Crippen LogP contribution is -2.55. The molecule has 4 heteroatoms. The number of hydrogen-bond donors (Lipinski definition) is 3. The van der Waals surface area contributed by atoms with Crippen LogP contribution in [0.25, 0.3) is 0 Å². The fourth-order valence-electron chi connectivity index (χ4n) is 1.13. The Morgan fingerprint density at radius 3 is 2.54 bits per heavy atom. The third kappa shape index (κ3) is 3.22. The Morgan fingerprint density at radius 2 is 2.15 bits per heavy atom. The molecule has 2 amide bonds. The van der Waals surface area contributed by atoms with E-state index in [1.807, 2.05) is 13.8 Å². The molecule has 1 saturated carbocycles. The normalized spacial score (nSPS) is 17.8. The van der Waals surface area contributed by atoms with Gasteiger partial charge in [-0.1, -0.05) is 0 Å². The molecule has 4 N–H and O–H groups in total. The van der Waals surface area contributed by atoms with Crippen molar-refractivity contribution in [1.82, 2.24) is 10.6 Å². The smallest absolute Gasteiger partial charge is 0.315 e. The Balaban J connectivity index is 2.23. The van der Waals surface area contributed by atoms with Crippen molar-refractivity contribution in [2.75, 3.05) is 6.54 Å². The van der Waals surface area contributed by atoms with Gasteiger partial charge in [0.1, 0.15) is 0 Å². The first-order valence-corrected chi connectivity index (χ1v) is 4.82. The van der Waals surface area contributed by atoms with Crippen LogP contribution in [0.15, 0.2) is 0 Å². The first-order chi connectivity index (χ1) is 6.03. The molecule has 1 fully saturated rings. The number of nitrogens with one attached hydrogen (secondary N) is 2. The summed E-state index contributed by atoms with van der Waals surface area (Å²) in [7, 11) is 0. The van der Waals surface area contributed by atoms with E-state index in [-0.39, 0.29) is 11.6 Å². The van der Waals surface area contributed by atoms with Gasteiger partial charge in [0.05, 0.1) is 0 Å². The first-order valence-electron chi connectivity index (χ1n) is 4.82. The molecule has 0 aliphatic heterocycles. The van der Waals surface area contributed by atoms with Gasteiger partial charge in [0.25, 0.3) is 0 Å². The molecule has 0 bridgehead atoms. The zero-order chi connectivity index (χ0) is 9.90. The Morgan fingerprint density at radius 1 is 1.54 bits per heavy atom. The maximum atomic E-state index is 11.3. The summed E-state index contributed by atoms with van der Waals surface area (Å²) in [6, 6.07) is 0.286. The molecule has 0 atom stereocenters. The highest BCUT2D eigenvalue weighted by Crippen LogP contribution is 2.17. The minimum Gasteiger partial charge on any atom is -0.335 e. The third-order valence-corrected chi connectivity index (χ3v) is 2.40. The molecule has 1 aliphatic carbocycles. The van der Waals surface area contributed by atoms with Crippen molar-refractivity contribution in [3.05, 3.63) is 0 Å². The van der Waals surface area contributed by atoms with E-state index in [9.17, 15) is 4.79 Å². The van der Waals surface area contributed by atoms with E-state index in [2.05, 4.69) is 10.6 Å². The van der Waals surface area contributed by atoms with Crippen molar-refractivity contribution < 1.29 is 4.79 Å². The summed E-state index contributed by atoms with van der Waals surface area (Å²) in [4.78, 5) is 11.3. The van der Waals surface area contributed by atoms with Crippen molar-refractivity contribution in [2.24, 2.45) is 5.73 Å². The molecular weight excluding hydrogens is 166 g/mol. The van der Waals surface area contributed by atoms with Gasteiger partial charge in [0, 0.05) is 18.1 Å². The highest BCUT2D eigenvalue weighted by Gasteiger charge is 2.23. The van der Waals surface area contributed by atoms with Gasteiger partial charge < -0.3 is 16.4 Å². The Labute approximate surface area is 79.3 Å². The number of hydrogen-bond acceptors (Lipinski definition) is 2. The van der Waals surface area contributed by atoms with Crippen LogP contribution < -0.4 is 16.4 Å². The molecule has 0 radical (unpaired) electrons. The van der Waals surface area contributed by atoms with Crippen LogP contribution >= 0.6 is 0 Å². The van der Waals surface area contributed by atoms with E-state index in [1.54, 1.807) is 0 Å². The van der Waals surface area contributed by atoms with E-state index >= 15 is 0 Å². The van der Waals surface area contributed by atoms with Crippen LogP contribution in [0.4, 0.5) is 4.79 Å². The predicted molar refractivity (Wildman–Crippen MR) is 52.4 cm³/mol. The van der Waals surface area contributed by atoms with Gasteiger partial charge in [-0.3, -0.25) is 0 Å². The second-order valence-electron chi connectivity index (χ2n) is 4.31. The number of nitrogens with two attached hydrogens (primary N) is 1. The fourth-order valence-corrected chi connectivity index (χ4v) is 1.13. The van der Waals surface area contributed by atoms with Crippen LogP contribution in [-0.4, -0.2) is 24.2 Å². The number of amides is 2. The van der Waals surface area contributed by atoms with E-state index in [0.29, 0.717) is 12.6 Å². The standard InChI is InChI=1S/C9H19N3O/c1-9(2,6-10)12-8(13)11-7-4-3-5-7/h7H,3-6,10H2,1-2H3,(H2,11,12,13). The number of urea groups is 1. The van der Waals surface area contributed by atoms with Crippen LogP contribution in [0.5, 0.6) is 0 Å². The molecule has 1 aliphatic rings. The molecule has 0 spiro atoms. The highest BCUT2D eigenvalue weighted by molar-refractivity contribution is 5.75. The van der Waals surface area contributed by atoms with Gasteiger partial charge in [0.2, 0.25) is 0 Å². The maximum Gasteiger partial charge on any atom is 0.315 e. The van der Waals surface area contributed by atoms with Crippen molar-refractivity contribution in [1.29, 1.82) is 0 Å². The third-order valence-electron chi connectivity index (χ3n) is 2.40. The second kappa shape index (κ2) is 3.96. The van der Waals surface area contributed by atoms with Crippen LogP contribution in [-0.2, 0) is 0 Å². The minimum absolute atomic E-state index is 0.0971. The minimum atomic E-state index is -0.312. The number of carbonyl (C=O) groups is 1. The molecule has 0 saturated heterocycles. The van der Waals surface area contributed by atoms with Crippen molar-refractivity contribution in [3.63, 3.8) is 0 Å². The number of rotatable bonds is 3. The summed E-state index contributed by atoms with van der Waals surface area (Å²) in [5.74, 6) is 0. The van der Waals surface area contributed by atoms with E-state index in [1.165, 1.54) is 6.42 Å². The van der Waals surface area contributed by atoms with Crippen LogP contribution in [0.2, 0.25) is 0 Å². The lowest BCUT2D eigenvalue weighted by molar-refractivity contribution is 0.218. The van der Waals surface area contributed by atoms with Crippen LogP contribution in [0.3, 0.4) is 0 Å². The predicted octanol–water partition coefficient (Wildman–Crippen LogP) is 0.575. The van der Waals surface area contributed by atoms with Crippen LogP contribution in [0, 0.1) is 0 Å². The molecule has 0 aromatic rings. The van der Waals surface area contributed by atoms with Crippen molar-refractivity contribution >= 4 is 6.03 Å². The van der Waals surface area contributed by atoms with Gasteiger partial charge >= 0.3 is 6.03 Å². The maximum absolute atomic E-state index is 11.3. The Bertz CT molecular complexity index is 187. The summed E-state index contributed by atoms with van der Waals surface area (Å²) in [5.41, 5.74) is 5.18. The molecule has 0 aromatic heterocycles. The zero-order valence-electron chi connectivity index (χ0n) is 8.39. The molecule has 76 valence electrons. The van der Waals surface area contributed by atoms with E-state index in [4.69, 9.17) is 5.73 Å². The lowest BCUT2D eigenvalue weighted by Gasteiger charge is -2.30. The summed E-state index contributed by atoms with van der Waals surface area (Å²) >= 11 is 0. The van der Waals surface area contributed by atoms with E-state index in [0.717, 1.165) is 12.8 Å². The quantitative estimate of drug-likeness (QED) is 0.602. The molecule has 0 aromatic carbocycles. The number of carbonyl (C=O) groups excluding carboxylic acids is 1. The molecular formula is C9H19N3O. The van der Waals surface area contributed by atoms with Crippen molar-refractivity contribution in [3.8, 4) is 0 Å².